The van der Waals surface area contributed by atoms with Crippen LogP contribution in [0.5, 0.6) is 5.75 Å². The van der Waals surface area contributed by atoms with Crippen molar-refractivity contribution in [3.05, 3.63) is 29.3 Å². The molecular formula is C15H24ClNO2. The summed E-state index contributed by atoms with van der Waals surface area (Å²) in [6.45, 7) is 7.24. The van der Waals surface area contributed by atoms with E-state index in [4.69, 9.17) is 16.3 Å². The third-order valence-corrected chi connectivity index (χ3v) is 3.80. The number of rotatable bonds is 8. The molecule has 0 saturated heterocycles. The van der Waals surface area contributed by atoms with Crippen LogP contribution in [-0.4, -0.2) is 29.9 Å². The number of aliphatic hydroxyl groups is 1. The molecule has 19 heavy (non-hydrogen) atoms. The summed E-state index contributed by atoms with van der Waals surface area (Å²) in [4.78, 5) is 0. The van der Waals surface area contributed by atoms with Crippen LogP contribution in [0.4, 0.5) is 0 Å². The van der Waals surface area contributed by atoms with Gasteiger partial charge >= 0.3 is 0 Å². The Kier molecular flexibility index (Phi) is 6.63. The zero-order chi connectivity index (χ0) is 14.3. The molecule has 0 amide bonds. The van der Waals surface area contributed by atoms with Crippen molar-refractivity contribution in [1.82, 2.24) is 5.32 Å². The molecule has 0 bridgehead atoms. The Labute approximate surface area is 120 Å². The van der Waals surface area contributed by atoms with Gasteiger partial charge in [0.1, 0.15) is 18.5 Å². The Morgan fingerprint density at radius 1 is 1.37 bits per heavy atom. The van der Waals surface area contributed by atoms with Gasteiger partial charge in [0.05, 0.1) is 0 Å². The smallest absolute Gasteiger partial charge is 0.120 e. The zero-order valence-corrected chi connectivity index (χ0v) is 12.7. The van der Waals surface area contributed by atoms with Gasteiger partial charge in [0.2, 0.25) is 0 Å². The molecule has 0 fully saturated rings. The van der Waals surface area contributed by atoms with Crippen LogP contribution in [0.25, 0.3) is 0 Å². The van der Waals surface area contributed by atoms with Gasteiger partial charge < -0.3 is 15.2 Å². The normalized spacial score (nSPS) is 13.3. The molecule has 3 nitrogen and oxygen atoms in total. The van der Waals surface area contributed by atoms with Crippen molar-refractivity contribution < 1.29 is 9.84 Å². The van der Waals surface area contributed by atoms with Crippen LogP contribution in [0, 0.1) is 0 Å². The van der Waals surface area contributed by atoms with Crippen LogP contribution in [0.1, 0.15) is 33.6 Å². The minimum atomic E-state index is -0.531. The molecule has 1 aromatic rings. The molecule has 1 rings (SSSR count). The first-order chi connectivity index (χ1) is 8.99. The molecule has 0 aliphatic heterocycles. The van der Waals surface area contributed by atoms with Gasteiger partial charge in [0, 0.05) is 17.1 Å². The van der Waals surface area contributed by atoms with Crippen LogP contribution < -0.4 is 10.1 Å². The molecule has 4 heteroatoms. The van der Waals surface area contributed by atoms with E-state index in [2.05, 4.69) is 26.1 Å². The van der Waals surface area contributed by atoms with E-state index < -0.39 is 6.10 Å². The Hall–Kier alpha value is -0.770. The number of hydrogen-bond acceptors (Lipinski definition) is 3. The van der Waals surface area contributed by atoms with E-state index in [-0.39, 0.29) is 12.1 Å². The number of ether oxygens (including phenoxy) is 1. The number of benzene rings is 1. The second kappa shape index (κ2) is 7.73. The van der Waals surface area contributed by atoms with Gasteiger partial charge in [-0.25, -0.2) is 0 Å². The van der Waals surface area contributed by atoms with Crippen molar-refractivity contribution in [2.75, 3.05) is 13.2 Å². The highest BCUT2D eigenvalue weighted by Crippen LogP contribution is 2.17. The van der Waals surface area contributed by atoms with E-state index in [0.717, 1.165) is 12.8 Å². The molecule has 0 aromatic heterocycles. The first-order valence-corrected chi connectivity index (χ1v) is 7.18. The third-order valence-electron chi connectivity index (χ3n) is 3.56. The van der Waals surface area contributed by atoms with Crippen molar-refractivity contribution in [1.29, 1.82) is 0 Å². The summed E-state index contributed by atoms with van der Waals surface area (Å²) in [6.07, 6.45) is 1.54. The second-order valence-corrected chi connectivity index (χ2v) is 5.51. The largest absolute Gasteiger partial charge is 0.491 e. The fraction of sp³-hybridized carbons (Fsp3) is 0.600. The molecule has 1 atom stereocenters. The van der Waals surface area contributed by atoms with Crippen molar-refractivity contribution in [3.8, 4) is 5.75 Å². The van der Waals surface area contributed by atoms with Gasteiger partial charge in [-0.15, -0.1) is 0 Å². The summed E-state index contributed by atoms with van der Waals surface area (Å²) in [5.41, 5.74) is 0.0804. The second-order valence-electron chi connectivity index (χ2n) is 5.07. The summed E-state index contributed by atoms with van der Waals surface area (Å²) in [6, 6.07) is 7.19. The fourth-order valence-corrected chi connectivity index (χ4v) is 1.85. The molecule has 0 heterocycles. The summed E-state index contributed by atoms with van der Waals surface area (Å²) < 4.78 is 5.51. The fourth-order valence-electron chi connectivity index (χ4n) is 1.67. The number of halogens is 1. The Morgan fingerprint density at radius 2 is 2.05 bits per heavy atom. The summed E-state index contributed by atoms with van der Waals surface area (Å²) in [7, 11) is 0. The molecule has 0 aliphatic carbocycles. The molecule has 2 N–H and O–H groups in total. The quantitative estimate of drug-likeness (QED) is 0.770. The number of β-amino-alcohol motifs (C(OH)–C–C–N with tert-alkyl or cyclic N) is 1. The lowest BCUT2D eigenvalue weighted by molar-refractivity contribution is 0.0966. The van der Waals surface area contributed by atoms with Crippen molar-refractivity contribution in [3.63, 3.8) is 0 Å². The summed E-state index contributed by atoms with van der Waals surface area (Å²) in [5.74, 6) is 0.681. The van der Waals surface area contributed by atoms with Crippen LogP contribution in [0.2, 0.25) is 5.02 Å². The Balaban J connectivity index is 2.34. The average Bonchev–Trinajstić information content (AvgIpc) is 2.42. The van der Waals surface area contributed by atoms with Gasteiger partial charge in [-0.05, 0) is 38.0 Å². The molecule has 0 radical (unpaired) electrons. The molecule has 1 unspecified atom stereocenters. The predicted octanol–water partition coefficient (Wildman–Crippen LogP) is 3.25. The van der Waals surface area contributed by atoms with E-state index in [9.17, 15) is 5.11 Å². The van der Waals surface area contributed by atoms with Crippen LogP contribution in [0.3, 0.4) is 0 Å². The van der Waals surface area contributed by atoms with Crippen molar-refractivity contribution >= 4 is 11.6 Å². The first kappa shape index (κ1) is 16.3. The molecule has 1 aromatic carbocycles. The summed E-state index contributed by atoms with van der Waals surface area (Å²) >= 11 is 5.86. The number of hydrogen-bond donors (Lipinski definition) is 2. The lowest BCUT2D eigenvalue weighted by atomic mass is 9.95. The maximum Gasteiger partial charge on any atom is 0.120 e. The van der Waals surface area contributed by atoms with E-state index in [1.807, 2.05) is 12.1 Å². The maximum atomic E-state index is 9.91. The maximum absolute atomic E-state index is 9.91. The molecule has 0 aliphatic rings. The van der Waals surface area contributed by atoms with Gasteiger partial charge in [-0.2, -0.15) is 0 Å². The highest BCUT2D eigenvalue weighted by atomic mass is 35.5. The van der Waals surface area contributed by atoms with Crippen molar-refractivity contribution in [2.24, 2.45) is 0 Å². The number of nitrogens with one attached hydrogen (secondary N) is 1. The zero-order valence-electron chi connectivity index (χ0n) is 11.9. The number of aliphatic hydroxyl groups excluding tert-OH is 1. The minimum Gasteiger partial charge on any atom is -0.491 e. The summed E-state index contributed by atoms with van der Waals surface area (Å²) in [5, 5.41) is 13.9. The van der Waals surface area contributed by atoms with E-state index in [0.29, 0.717) is 17.3 Å². The van der Waals surface area contributed by atoms with E-state index >= 15 is 0 Å². The van der Waals surface area contributed by atoms with Gasteiger partial charge in [-0.3, -0.25) is 0 Å². The van der Waals surface area contributed by atoms with Gasteiger partial charge in [0.25, 0.3) is 0 Å². The van der Waals surface area contributed by atoms with Crippen LogP contribution in [-0.2, 0) is 0 Å². The lowest BCUT2D eigenvalue weighted by Crippen LogP contribution is -2.46. The Bertz CT molecular complexity index is 380. The molecule has 0 spiro atoms. The molecule has 108 valence electrons. The average molecular weight is 286 g/mol. The highest BCUT2D eigenvalue weighted by Gasteiger charge is 2.19. The standard InChI is InChI=1S/C15H24ClNO2/c1-4-15(3,5-2)17-10-13(18)11-19-14-8-6-7-12(16)9-14/h6-9,13,17-18H,4-5,10-11H2,1-3H3. The molecular weight excluding hydrogens is 262 g/mol. The van der Waals surface area contributed by atoms with Crippen LogP contribution >= 0.6 is 11.6 Å². The molecule has 0 saturated carbocycles. The SMILES string of the molecule is CCC(C)(CC)NCC(O)COc1cccc(Cl)c1. The topological polar surface area (TPSA) is 41.5 Å². The van der Waals surface area contributed by atoms with E-state index in [1.165, 1.54) is 0 Å². The first-order valence-electron chi connectivity index (χ1n) is 6.80. The van der Waals surface area contributed by atoms with Crippen LogP contribution in [0.15, 0.2) is 24.3 Å². The van der Waals surface area contributed by atoms with Gasteiger partial charge in [-0.1, -0.05) is 31.5 Å². The van der Waals surface area contributed by atoms with Crippen molar-refractivity contribution in [2.45, 2.75) is 45.3 Å². The monoisotopic (exact) mass is 285 g/mol. The lowest BCUT2D eigenvalue weighted by Gasteiger charge is -2.29. The third kappa shape index (κ3) is 5.81. The minimum absolute atomic E-state index is 0.0804. The highest BCUT2D eigenvalue weighted by molar-refractivity contribution is 6.30. The van der Waals surface area contributed by atoms with E-state index in [1.54, 1.807) is 12.1 Å². The predicted molar refractivity (Wildman–Crippen MR) is 79.9 cm³/mol. The van der Waals surface area contributed by atoms with Gasteiger partial charge in [0.15, 0.2) is 0 Å². The Morgan fingerprint density at radius 3 is 2.63 bits per heavy atom.